The summed E-state index contributed by atoms with van der Waals surface area (Å²) in [6.07, 6.45) is -0.0934. The number of benzene rings is 1. The average Bonchev–Trinajstić information content (AvgIpc) is 2.79. The molecule has 118 valence electrons. The van der Waals surface area contributed by atoms with Crippen LogP contribution in [-0.2, 0) is 22.6 Å². The lowest BCUT2D eigenvalue weighted by Crippen LogP contribution is -2.09. The van der Waals surface area contributed by atoms with Gasteiger partial charge in [0.15, 0.2) is 0 Å². The van der Waals surface area contributed by atoms with E-state index in [0.29, 0.717) is 11.5 Å². The van der Waals surface area contributed by atoms with E-state index in [2.05, 4.69) is 5.16 Å². The van der Waals surface area contributed by atoms with Crippen LogP contribution < -0.4 is 4.74 Å². The highest BCUT2D eigenvalue weighted by Crippen LogP contribution is 2.20. The molecule has 0 atom stereocenters. The van der Waals surface area contributed by atoms with Gasteiger partial charge in [0.1, 0.15) is 23.9 Å². The molecule has 2 aromatic rings. The number of aryl methyl sites for hydroxylation is 2. The summed E-state index contributed by atoms with van der Waals surface area (Å²) in [5.41, 5.74) is 1.87. The van der Waals surface area contributed by atoms with Gasteiger partial charge in [-0.1, -0.05) is 11.2 Å². The van der Waals surface area contributed by atoms with Crippen LogP contribution >= 0.6 is 0 Å². The molecule has 6 heteroatoms. The lowest BCUT2D eigenvalue weighted by atomic mass is 10.1. The van der Waals surface area contributed by atoms with Crippen molar-refractivity contribution in [2.45, 2.75) is 33.8 Å². The van der Waals surface area contributed by atoms with Crippen LogP contribution in [0.3, 0.4) is 0 Å². The van der Waals surface area contributed by atoms with Gasteiger partial charge in [-0.05, 0) is 32.4 Å². The molecule has 0 fully saturated rings. The van der Waals surface area contributed by atoms with Gasteiger partial charge in [-0.25, -0.2) is 4.39 Å². The fourth-order valence-corrected chi connectivity index (χ4v) is 1.99. The summed E-state index contributed by atoms with van der Waals surface area (Å²) in [7, 11) is 0. The first kappa shape index (κ1) is 16.0. The van der Waals surface area contributed by atoms with Gasteiger partial charge < -0.3 is 14.0 Å². The second kappa shape index (κ2) is 7.06. The third kappa shape index (κ3) is 3.84. The number of aromatic nitrogens is 1. The molecule has 0 saturated heterocycles. The summed E-state index contributed by atoms with van der Waals surface area (Å²) in [6, 6.07) is 4.40. The fourth-order valence-electron chi connectivity index (χ4n) is 1.99. The van der Waals surface area contributed by atoms with Gasteiger partial charge in [0.25, 0.3) is 0 Å². The highest BCUT2D eigenvalue weighted by atomic mass is 19.1. The third-order valence-corrected chi connectivity index (χ3v) is 3.23. The normalized spacial score (nSPS) is 10.5. The summed E-state index contributed by atoms with van der Waals surface area (Å²) in [5, 5.41) is 3.83. The summed E-state index contributed by atoms with van der Waals surface area (Å²) < 4.78 is 29.3. The Kier molecular flexibility index (Phi) is 5.14. The van der Waals surface area contributed by atoms with E-state index >= 15 is 0 Å². The number of carbonyl (C=O) groups is 1. The predicted octanol–water partition coefficient (Wildman–Crippen LogP) is 3.12. The average molecular weight is 307 g/mol. The molecule has 1 aromatic carbocycles. The Hall–Kier alpha value is -2.37. The summed E-state index contributed by atoms with van der Waals surface area (Å²) in [5.74, 6) is 0.108. The number of halogens is 1. The van der Waals surface area contributed by atoms with Gasteiger partial charge >= 0.3 is 5.97 Å². The minimum Gasteiger partial charge on any atom is -0.489 e. The zero-order valence-electron chi connectivity index (χ0n) is 12.8. The van der Waals surface area contributed by atoms with Crippen LogP contribution in [0.2, 0.25) is 0 Å². The van der Waals surface area contributed by atoms with E-state index in [1.807, 2.05) is 6.92 Å². The molecule has 0 unspecified atom stereocenters. The molecular formula is C16H18FNO4. The second-order valence-electron chi connectivity index (χ2n) is 4.83. The van der Waals surface area contributed by atoms with Crippen LogP contribution in [0.5, 0.6) is 5.75 Å². The van der Waals surface area contributed by atoms with Crippen molar-refractivity contribution in [3.8, 4) is 5.75 Å². The topological polar surface area (TPSA) is 61.6 Å². The third-order valence-electron chi connectivity index (χ3n) is 3.23. The molecule has 0 spiro atoms. The molecule has 0 amide bonds. The minimum atomic E-state index is -0.496. The molecule has 22 heavy (non-hydrogen) atoms. The zero-order chi connectivity index (χ0) is 16.1. The van der Waals surface area contributed by atoms with Gasteiger partial charge in [0.05, 0.1) is 24.3 Å². The molecule has 0 aliphatic carbocycles. The highest BCUT2D eigenvalue weighted by Gasteiger charge is 2.12. The van der Waals surface area contributed by atoms with Crippen molar-refractivity contribution >= 4 is 5.97 Å². The highest BCUT2D eigenvalue weighted by molar-refractivity contribution is 5.72. The first-order valence-corrected chi connectivity index (χ1v) is 6.99. The van der Waals surface area contributed by atoms with Crippen LogP contribution in [0.1, 0.15) is 29.5 Å². The maximum Gasteiger partial charge on any atom is 0.310 e. The van der Waals surface area contributed by atoms with Crippen LogP contribution in [0.4, 0.5) is 4.39 Å². The van der Waals surface area contributed by atoms with Gasteiger partial charge in [-0.2, -0.15) is 0 Å². The van der Waals surface area contributed by atoms with Crippen LogP contribution in [-0.4, -0.2) is 17.7 Å². The number of esters is 1. The van der Waals surface area contributed by atoms with Gasteiger partial charge in [-0.3, -0.25) is 4.79 Å². The Morgan fingerprint density at radius 3 is 2.73 bits per heavy atom. The van der Waals surface area contributed by atoms with Crippen molar-refractivity contribution in [2.24, 2.45) is 0 Å². The lowest BCUT2D eigenvalue weighted by molar-refractivity contribution is -0.142. The minimum absolute atomic E-state index is 0.0934. The van der Waals surface area contributed by atoms with E-state index in [9.17, 15) is 9.18 Å². The number of carbonyl (C=O) groups excluding carboxylic acids is 1. The number of hydrogen-bond donors (Lipinski definition) is 0. The van der Waals surface area contributed by atoms with Gasteiger partial charge in [0, 0.05) is 6.07 Å². The first-order chi connectivity index (χ1) is 10.5. The maximum atomic E-state index is 14.0. The van der Waals surface area contributed by atoms with E-state index in [0.717, 1.165) is 11.3 Å². The van der Waals surface area contributed by atoms with E-state index in [4.69, 9.17) is 14.0 Å². The molecule has 0 N–H and O–H groups in total. The van der Waals surface area contributed by atoms with E-state index < -0.39 is 11.8 Å². The SMILES string of the molecule is CCOC(=O)Cc1ccc(OCc2c(C)noc2C)cc1F. The molecule has 0 aliphatic heterocycles. The van der Waals surface area contributed by atoms with Crippen molar-refractivity contribution in [1.29, 1.82) is 0 Å². The van der Waals surface area contributed by atoms with Gasteiger partial charge in [0.2, 0.25) is 0 Å². The van der Waals surface area contributed by atoms with Gasteiger partial charge in [-0.15, -0.1) is 0 Å². The Labute approximate surface area is 128 Å². The molecule has 0 saturated carbocycles. The van der Waals surface area contributed by atoms with E-state index in [-0.39, 0.29) is 25.2 Å². The monoisotopic (exact) mass is 307 g/mol. The number of nitrogens with zero attached hydrogens (tertiary/aromatic N) is 1. The Balaban J connectivity index is 2.02. The maximum absolute atomic E-state index is 14.0. The van der Waals surface area contributed by atoms with Crippen LogP contribution in [0.25, 0.3) is 0 Å². The van der Waals surface area contributed by atoms with Crippen molar-refractivity contribution in [3.63, 3.8) is 0 Å². The Morgan fingerprint density at radius 1 is 1.36 bits per heavy atom. The molecule has 2 rings (SSSR count). The van der Waals surface area contributed by atoms with Crippen molar-refractivity contribution < 1.29 is 23.2 Å². The summed E-state index contributed by atoms with van der Waals surface area (Å²) in [4.78, 5) is 11.4. The van der Waals surface area contributed by atoms with Crippen molar-refractivity contribution in [2.75, 3.05) is 6.61 Å². The van der Waals surface area contributed by atoms with Crippen LogP contribution in [0, 0.1) is 19.7 Å². The summed E-state index contributed by atoms with van der Waals surface area (Å²) in [6.45, 7) is 5.84. The largest absolute Gasteiger partial charge is 0.489 e. The van der Waals surface area contributed by atoms with Crippen LogP contribution in [0.15, 0.2) is 22.7 Å². The van der Waals surface area contributed by atoms with Crippen molar-refractivity contribution in [1.82, 2.24) is 5.16 Å². The molecule has 1 heterocycles. The zero-order valence-corrected chi connectivity index (χ0v) is 12.8. The lowest BCUT2D eigenvalue weighted by Gasteiger charge is -2.08. The molecule has 0 radical (unpaired) electrons. The van der Waals surface area contributed by atoms with E-state index in [1.54, 1.807) is 19.9 Å². The second-order valence-corrected chi connectivity index (χ2v) is 4.83. The number of hydrogen-bond acceptors (Lipinski definition) is 5. The Morgan fingerprint density at radius 2 is 2.14 bits per heavy atom. The molecule has 0 bridgehead atoms. The predicted molar refractivity (Wildman–Crippen MR) is 77.0 cm³/mol. The fraction of sp³-hybridized carbons (Fsp3) is 0.375. The first-order valence-electron chi connectivity index (χ1n) is 6.99. The molecular weight excluding hydrogens is 289 g/mol. The molecule has 1 aromatic heterocycles. The smallest absolute Gasteiger partial charge is 0.310 e. The molecule has 0 aliphatic rings. The quantitative estimate of drug-likeness (QED) is 0.767. The van der Waals surface area contributed by atoms with E-state index in [1.165, 1.54) is 12.1 Å². The molecule has 5 nitrogen and oxygen atoms in total. The summed E-state index contributed by atoms with van der Waals surface area (Å²) >= 11 is 0. The standard InChI is InChI=1S/C16H18FNO4/c1-4-20-16(19)7-12-5-6-13(8-15(12)17)21-9-14-10(2)18-22-11(14)3/h5-6,8H,4,7,9H2,1-3H3. The van der Waals surface area contributed by atoms with Crippen molar-refractivity contribution in [3.05, 3.63) is 46.6 Å². The Bertz CT molecular complexity index is 647. The number of ether oxygens (including phenoxy) is 2. The number of rotatable bonds is 6.